The molecule has 0 atom stereocenters. The molecule has 0 aliphatic carbocycles. The fourth-order valence-corrected chi connectivity index (χ4v) is 1.97. The topological polar surface area (TPSA) is 52.3 Å². The molecule has 5 heteroatoms. The predicted molar refractivity (Wildman–Crippen MR) is 75.8 cm³/mol. The molecule has 0 aliphatic rings. The van der Waals surface area contributed by atoms with Crippen molar-refractivity contribution in [1.82, 2.24) is 0 Å². The molecule has 0 spiro atoms. The summed E-state index contributed by atoms with van der Waals surface area (Å²) in [5, 5.41) is 0. The third-order valence-electron chi connectivity index (χ3n) is 3.22. The maximum Gasteiger partial charge on any atom is 0.338 e. The predicted octanol–water partition coefficient (Wildman–Crippen LogP) is 3.52. The number of nitrogen functional groups attached to an aromatic ring is 1. The summed E-state index contributed by atoms with van der Waals surface area (Å²) < 4.78 is 31.5. The van der Waals surface area contributed by atoms with E-state index in [0.717, 1.165) is 11.6 Å². The van der Waals surface area contributed by atoms with Crippen LogP contribution < -0.4 is 5.73 Å². The summed E-state index contributed by atoms with van der Waals surface area (Å²) in [4.78, 5) is 12.0. The van der Waals surface area contributed by atoms with E-state index < -0.39 is 17.6 Å². The van der Waals surface area contributed by atoms with Gasteiger partial charge in [-0.15, -0.1) is 0 Å². The number of anilines is 1. The highest BCUT2D eigenvalue weighted by atomic mass is 19.2. The van der Waals surface area contributed by atoms with Crippen LogP contribution in [0.25, 0.3) is 0 Å². The fraction of sp³-hybridized carbons (Fsp3) is 0.188. The monoisotopic (exact) mass is 291 g/mol. The van der Waals surface area contributed by atoms with E-state index in [-0.39, 0.29) is 12.2 Å². The summed E-state index contributed by atoms with van der Waals surface area (Å²) in [5.41, 5.74) is 8.12. The SMILES string of the molecule is Cc1cc(C)c(C(=O)OCc2cccc(F)c2F)cc1N. The minimum atomic E-state index is -1.01. The lowest BCUT2D eigenvalue weighted by molar-refractivity contribution is 0.0467. The van der Waals surface area contributed by atoms with Gasteiger partial charge in [0.05, 0.1) is 5.56 Å². The average molecular weight is 291 g/mol. The molecule has 2 N–H and O–H groups in total. The Morgan fingerprint density at radius 1 is 1.19 bits per heavy atom. The normalized spacial score (nSPS) is 10.5. The zero-order valence-electron chi connectivity index (χ0n) is 11.7. The number of nitrogens with two attached hydrogens (primary N) is 1. The van der Waals surface area contributed by atoms with Gasteiger partial charge in [-0.3, -0.25) is 0 Å². The first-order chi connectivity index (χ1) is 9.90. The molecule has 0 aliphatic heterocycles. The molecule has 0 aromatic heterocycles. The third-order valence-corrected chi connectivity index (χ3v) is 3.22. The molecule has 0 amide bonds. The second-order valence-corrected chi connectivity index (χ2v) is 4.81. The molecule has 110 valence electrons. The van der Waals surface area contributed by atoms with Crippen LogP contribution in [0.2, 0.25) is 0 Å². The number of carbonyl (C=O) groups excluding carboxylic acids is 1. The second kappa shape index (κ2) is 5.91. The van der Waals surface area contributed by atoms with Crippen molar-refractivity contribution in [2.24, 2.45) is 0 Å². The van der Waals surface area contributed by atoms with E-state index in [1.165, 1.54) is 18.2 Å². The number of aryl methyl sites for hydroxylation is 2. The fourth-order valence-electron chi connectivity index (χ4n) is 1.97. The Bertz CT molecular complexity index is 699. The maximum atomic E-state index is 13.5. The van der Waals surface area contributed by atoms with E-state index >= 15 is 0 Å². The Morgan fingerprint density at radius 3 is 2.62 bits per heavy atom. The van der Waals surface area contributed by atoms with E-state index in [1.54, 1.807) is 13.0 Å². The minimum absolute atomic E-state index is 0.0129. The lowest BCUT2D eigenvalue weighted by Crippen LogP contribution is -2.09. The van der Waals surface area contributed by atoms with E-state index in [0.29, 0.717) is 16.8 Å². The first-order valence-corrected chi connectivity index (χ1v) is 6.37. The van der Waals surface area contributed by atoms with Gasteiger partial charge >= 0.3 is 5.97 Å². The zero-order chi connectivity index (χ0) is 15.6. The molecule has 0 saturated carbocycles. The highest BCUT2D eigenvalue weighted by molar-refractivity contribution is 5.92. The van der Waals surface area contributed by atoms with Crippen LogP contribution in [0.5, 0.6) is 0 Å². The van der Waals surface area contributed by atoms with E-state index in [9.17, 15) is 13.6 Å². The molecule has 0 fully saturated rings. The molecule has 21 heavy (non-hydrogen) atoms. The van der Waals surface area contributed by atoms with Crippen molar-refractivity contribution in [1.29, 1.82) is 0 Å². The molecule has 0 unspecified atom stereocenters. The van der Waals surface area contributed by atoms with Crippen LogP contribution in [0.3, 0.4) is 0 Å². The molecule has 3 nitrogen and oxygen atoms in total. The van der Waals surface area contributed by atoms with Crippen molar-refractivity contribution in [3.8, 4) is 0 Å². The molecule has 0 bridgehead atoms. The number of esters is 1. The summed E-state index contributed by atoms with van der Waals surface area (Å²) >= 11 is 0. The van der Waals surface area contributed by atoms with Crippen LogP contribution in [-0.2, 0) is 11.3 Å². The Hall–Kier alpha value is -2.43. The molecule has 2 rings (SSSR count). The molecule has 0 radical (unpaired) electrons. The summed E-state index contributed by atoms with van der Waals surface area (Å²) in [6.45, 7) is 3.25. The largest absolute Gasteiger partial charge is 0.457 e. The number of hydrogen-bond acceptors (Lipinski definition) is 3. The van der Waals surface area contributed by atoms with Gasteiger partial charge in [-0.2, -0.15) is 0 Å². The lowest BCUT2D eigenvalue weighted by atomic mass is 10.0. The van der Waals surface area contributed by atoms with Gasteiger partial charge in [0.15, 0.2) is 11.6 Å². The number of rotatable bonds is 3. The van der Waals surface area contributed by atoms with Gasteiger partial charge in [-0.1, -0.05) is 18.2 Å². The maximum absolute atomic E-state index is 13.5. The molecule has 2 aromatic rings. The van der Waals surface area contributed by atoms with Crippen molar-refractivity contribution in [3.63, 3.8) is 0 Å². The van der Waals surface area contributed by atoms with Gasteiger partial charge in [0, 0.05) is 11.3 Å². The highest BCUT2D eigenvalue weighted by Crippen LogP contribution is 2.19. The highest BCUT2D eigenvalue weighted by Gasteiger charge is 2.14. The Morgan fingerprint density at radius 2 is 1.90 bits per heavy atom. The van der Waals surface area contributed by atoms with Crippen molar-refractivity contribution < 1.29 is 18.3 Å². The first-order valence-electron chi connectivity index (χ1n) is 6.37. The number of ether oxygens (including phenoxy) is 1. The quantitative estimate of drug-likeness (QED) is 0.695. The average Bonchev–Trinajstić information content (AvgIpc) is 2.44. The number of carbonyl (C=O) groups is 1. The Balaban J connectivity index is 2.16. The number of benzene rings is 2. The standard InChI is InChI=1S/C16H15F2NO2/c1-9-6-10(2)14(19)7-12(9)16(20)21-8-11-4-3-5-13(17)15(11)18/h3-7H,8,19H2,1-2H3. The van der Waals surface area contributed by atoms with Gasteiger partial charge in [-0.25, -0.2) is 13.6 Å². The molecule has 2 aromatic carbocycles. The van der Waals surface area contributed by atoms with Crippen molar-refractivity contribution in [3.05, 3.63) is 64.2 Å². The molecular weight excluding hydrogens is 276 g/mol. The van der Waals surface area contributed by atoms with Gasteiger partial charge in [0.2, 0.25) is 0 Å². The second-order valence-electron chi connectivity index (χ2n) is 4.81. The smallest absolute Gasteiger partial charge is 0.338 e. The number of hydrogen-bond donors (Lipinski definition) is 1. The van der Waals surface area contributed by atoms with E-state index in [4.69, 9.17) is 10.5 Å². The van der Waals surface area contributed by atoms with Gasteiger partial charge in [-0.05, 0) is 37.1 Å². The van der Waals surface area contributed by atoms with Gasteiger partial charge < -0.3 is 10.5 Å². The summed E-state index contributed by atoms with van der Waals surface area (Å²) in [6.07, 6.45) is 0. The Kier molecular flexibility index (Phi) is 4.21. The van der Waals surface area contributed by atoms with E-state index in [1.807, 2.05) is 6.92 Å². The van der Waals surface area contributed by atoms with Crippen LogP contribution in [-0.4, -0.2) is 5.97 Å². The summed E-state index contributed by atoms with van der Waals surface area (Å²) in [7, 11) is 0. The van der Waals surface area contributed by atoms with Crippen LogP contribution in [0, 0.1) is 25.5 Å². The molecule has 0 saturated heterocycles. The van der Waals surface area contributed by atoms with Crippen molar-refractivity contribution in [2.75, 3.05) is 5.73 Å². The van der Waals surface area contributed by atoms with Crippen LogP contribution in [0.1, 0.15) is 27.0 Å². The molecule has 0 heterocycles. The van der Waals surface area contributed by atoms with Crippen LogP contribution in [0.4, 0.5) is 14.5 Å². The van der Waals surface area contributed by atoms with Crippen LogP contribution in [0.15, 0.2) is 30.3 Å². The summed E-state index contributed by atoms with van der Waals surface area (Å²) in [5.74, 6) is -2.60. The lowest BCUT2D eigenvalue weighted by Gasteiger charge is -2.10. The zero-order valence-corrected chi connectivity index (χ0v) is 11.7. The van der Waals surface area contributed by atoms with Crippen molar-refractivity contribution >= 4 is 11.7 Å². The van der Waals surface area contributed by atoms with E-state index in [2.05, 4.69) is 0 Å². The minimum Gasteiger partial charge on any atom is -0.457 e. The number of halogens is 2. The first kappa shape index (κ1) is 15.0. The van der Waals surface area contributed by atoms with Gasteiger partial charge in [0.25, 0.3) is 0 Å². The summed E-state index contributed by atoms with van der Waals surface area (Å²) in [6, 6.07) is 7.02. The van der Waals surface area contributed by atoms with Crippen LogP contribution >= 0.6 is 0 Å². The Labute approximate surface area is 121 Å². The van der Waals surface area contributed by atoms with Gasteiger partial charge in [0.1, 0.15) is 6.61 Å². The molecular formula is C16H15F2NO2. The van der Waals surface area contributed by atoms with Crippen molar-refractivity contribution in [2.45, 2.75) is 20.5 Å². The third kappa shape index (κ3) is 3.18.